The van der Waals surface area contributed by atoms with Crippen molar-refractivity contribution >= 4 is 23.0 Å². The van der Waals surface area contributed by atoms with Crippen LogP contribution in [0.15, 0.2) is 40.6 Å². The molecular formula is C11H13N3O3. The van der Waals surface area contributed by atoms with E-state index in [1.54, 1.807) is 24.3 Å². The van der Waals surface area contributed by atoms with Crippen molar-refractivity contribution in [3.8, 4) is 0 Å². The quantitative estimate of drug-likeness (QED) is 0.471. The van der Waals surface area contributed by atoms with Gasteiger partial charge in [-0.2, -0.15) is 0 Å². The Labute approximate surface area is 98.5 Å². The van der Waals surface area contributed by atoms with Crippen LogP contribution in [0.1, 0.15) is 6.92 Å². The fraction of sp³-hybridized carbons (Fsp3) is 0.182. The van der Waals surface area contributed by atoms with Crippen molar-refractivity contribution in [3.05, 3.63) is 30.3 Å². The van der Waals surface area contributed by atoms with Crippen molar-refractivity contribution in [2.24, 2.45) is 10.3 Å². The van der Waals surface area contributed by atoms with Crippen molar-refractivity contribution in [2.45, 2.75) is 6.92 Å². The summed E-state index contributed by atoms with van der Waals surface area (Å²) >= 11 is 0. The van der Waals surface area contributed by atoms with Crippen LogP contribution < -0.4 is 4.90 Å². The third-order valence-electron chi connectivity index (χ3n) is 2.24. The predicted octanol–water partition coefficient (Wildman–Crippen LogP) is 1.33. The first kappa shape index (κ1) is 12.7. The molecule has 0 aliphatic heterocycles. The molecule has 6 heteroatoms. The molecule has 0 bridgehead atoms. The van der Waals surface area contributed by atoms with Crippen LogP contribution in [0.5, 0.6) is 0 Å². The average molecular weight is 235 g/mol. The number of para-hydroxylation sites is 1. The molecule has 1 aromatic carbocycles. The van der Waals surface area contributed by atoms with Gasteiger partial charge in [0.05, 0.1) is 0 Å². The summed E-state index contributed by atoms with van der Waals surface area (Å²) in [5.74, 6) is -0.561. The zero-order chi connectivity index (χ0) is 12.8. The molecule has 0 unspecified atom stereocenters. The molecule has 6 nitrogen and oxygen atoms in total. The topological polar surface area (TPSA) is 85.5 Å². The molecule has 17 heavy (non-hydrogen) atoms. The molecule has 0 aliphatic rings. The van der Waals surface area contributed by atoms with Gasteiger partial charge in [-0.3, -0.25) is 4.79 Å². The maximum Gasteiger partial charge on any atom is 0.282 e. The minimum Gasteiger partial charge on any atom is -0.411 e. The number of nitrogens with zero attached hydrogens (tertiary/aromatic N) is 3. The van der Waals surface area contributed by atoms with Gasteiger partial charge >= 0.3 is 0 Å². The minimum absolute atomic E-state index is 0.0553. The highest BCUT2D eigenvalue weighted by molar-refractivity contribution is 6.68. The number of anilines is 1. The van der Waals surface area contributed by atoms with Crippen LogP contribution in [-0.4, -0.2) is 34.8 Å². The monoisotopic (exact) mass is 235 g/mol. The lowest BCUT2D eigenvalue weighted by molar-refractivity contribution is -0.112. The van der Waals surface area contributed by atoms with Gasteiger partial charge in [-0.25, -0.2) is 0 Å². The van der Waals surface area contributed by atoms with Gasteiger partial charge in [0.25, 0.3) is 5.91 Å². The molecule has 0 aliphatic carbocycles. The summed E-state index contributed by atoms with van der Waals surface area (Å²) < 4.78 is 0. The van der Waals surface area contributed by atoms with E-state index < -0.39 is 5.91 Å². The van der Waals surface area contributed by atoms with Crippen LogP contribution in [0.4, 0.5) is 5.69 Å². The highest BCUT2D eigenvalue weighted by Crippen LogP contribution is 2.11. The Balaban J connectivity index is 2.98. The summed E-state index contributed by atoms with van der Waals surface area (Å²) in [6, 6.07) is 8.85. The summed E-state index contributed by atoms with van der Waals surface area (Å²) in [5.41, 5.74) is 0.281. The molecule has 0 spiro atoms. The van der Waals surface area contributed by atoms with E-state index in [0.29, 0.717) is 5.69 Å². The molecule has 1 rings (SSSR count). The van der Waals surface area contributed by atoms with E-state index in [9.17, 15) is 4.79 Å². The maximum atomic E-state index is 11.9. The summed E-state index contributed by atoms with van der Waals surface area (Å²) in [7, 11) is 1.54. The van der Waals surface area contributed by atoms with Gasteiger partial charge in [-0.1, -0.05) is 28.5 Å². The average Bonchev–Trinajstić information content (AvgIpc) is 2.39. The Hall–Kier alpha value is -2.37. The molecule has 0 fully saturated rings. The van der Waals surface area contributed by atoms with E-state index in [2.05, 4.69) is 10.3 Å². The second kappa shape index (κ2) is 5.64. The second-order valence-electron chi connectivity index (χ2n) is 3.33. The first-order valence-corrected chi connectivity index (χ1v) is 4.86. The highest BCUT2D eigenvalue weighted by Gasteiger charge is 2.21. The van der Waals surface area contributed by atoms with Crippen LogP contribution in [0.3, 0.4) is 0 Å². The molecule has 0 heterocycles. The molecule has 1 amide bonds. The normalized spacial score (nSPS) is 12.4. The largest absolute Gasteiger partial charge is 0.411 e. The molecule has 0 aromatic heterocycles. The van der Waals surface area contributed by atoms with E-state index >= 15 is 0 Å². The van der Waals surface area contributed by atoms with Gasteiger partial charge in [0.1, 0.15) is 5.71 Å². The molecule has 2 N–H and O–H groups in total. The van der Waals surface area contributed by atoms with E-state index in [4.69, 9.17) is 10.4 Å². The van der Waals surface area contributed by atoms with Crippen molar-refractivity contribution in [1.82, 2.24) is 0 Å². The number of benzene rings is 1. The van der Waals surface area contributed by atoms with Crippen molar-refractivity contribution in [2.75, 3.05) is 11.9 Å². The van der Waals surface area contributed by atoms with Crippen LogP contribution in [-0.2, 0) is 4.79 Å². The summed E-state index contributed by atoms with van der Waals surface area (Å²) in [4.78, 5) is 13.2. The Bertz CT molecular complexity index is 454. The number of oxime groups is 2. The summed E-state index contributed by atoms with van der Waals surface area (Å²) in [6.45, 7) is 1.37. The Morgan fingerprint density at radius 1 is 1.18 bits per heavy atom. The predicted molar refractivity (Wildman–Crippen MR) is 64.0 cm³/mol. The molecule has 0 radical (unpaired) electrons. The first-order valence-electron chi connectivity index (χ1n) is 4.86. The molecule has 0 atom stereocenters. The molecular weight excluding hydrogens is 222 g/mol. The van der Waals surface area contributed by atoms with Gasteiger partial charge in [0.15, 0.2) is 5.71 Å². The lowest BCUT2D eigenvalue weighted by Crippen LogP contribution is -2.36. The van der Waals surface area contributed by atoms with Crippen LogP contribution >= 0.6 is 0 Å². The van der Waals surface area contributed by atoms with E-state index in [0.717, 1.165) is 0 Å². The van der Waals surface area contributed by atoms with E-state index in [-0.39, 0.29) is 11.4 Å². The van der Waals surface area contributed by atoms with Gasteiger partial charge < -0.3 is 15.3 Å². The maximum absolute atomic E-state index is 11.9. The Morgan fingerprint density at radius 3 is 2.24 bits per heavy atom. The van der Waals surface area contributed by atoms with E-state index in [1.165, 1.54) is 18.9 Å². The van der Waals surface area contributed by atoms with Crippen molar-refractivity contribution in [1.29, 1.82) is 0 Å². The van der Waals surface area contributed by atoms with Gasteiger partial charge in [-0.05, 0) is 19.1 Å². The number of rotatable bonds is 3. The number of hydrogen-bond donors (Lipinski definition) is 2. The number of amides is 1. The van der Waals surface area contributed by atoms with Crippen LogP contribution in [0, 0.1) is 0 Å². The zero-order valence-corrected chi connectivity index (χ0v) is 9.53. The third-order valence-corrected chi connectivity index (χ3v) is 2.24. The first-order chi connectivity index (χ1) is 8.11. The fourth-order valence-corrected chi connectivity index (χ4v) is 1.24. The Kier molecular flexibility index (Phi) is 4.21. The lowest BCUT2D eigenvalue weighted by atomic mass is 10.2. The highest BCUT2D eigenvalue weighted by atomic mass is 16.4. The summed E-state index contributed by atoms with van der Waals surface area (Å²) in [6.07, 6.45) is 0. The number of carbonyl (C=O) groups is 1. The molecule has 90 valence electrons. The van der Waals surface area contributed by atoms with Crippen molar-refractivity contribution in [3.63, 3.8) is 0 Å². The summed E-state index contributed by atoms with van der Waals surface area (Å²) in [5, 5.41) is 23.0. The smallest absolute Gasteiger partial charge is 0.282 e. The zero-order valence-electron chi connectivity index (χ0n) is 9.53. The van der Waals surface area contributed by atoms with Gasteiger partial charge in [0, 0.05) is 12.7 Å². The number of carbonyl (C=O) groups excluding carboxylic acids is 1. The Morgan fingerprint density at radius 2 is 1.76 bits per heavy atom. The molecule has 0 saturated carbocycles. The van der Waals surface area contributed by atoms with Crippen LogP contribution in [0.2, 0.25) is 0 Å². The molecule has 1 aromatic rings. The fourth-order valence-electron chi connectivity index (χ4n) is 1.24. The number of hydrogen-bond acceptors (Lipinski definition) is 5. The standard InChI is InChI=1S/C11H13N3O3/c1-8(12-16)10(13-17)11(15)14(2)9-6-4-3-5-7-9/h3-7,16-17H,1-2H3. The SMILES string of the molecule is CC(=NO)C(=NO)C(=O)N(C)c1ccccc1. The lowest BCUT2D eigenvalue weighted by Gasteiger charge is -2.17. The van der Waals surface area contributed by atoms with E-state index in [1.807, 2.05) is 6.07 Å². The molecule has 0 saturated heterocycles. The van der Waals surface area contributed by atoms with Crippen LogP contribution in [0.25, 0.3) is 0 Å². The second-order valence-corrected chi connectivity index (χ2v) is 3.33. The minimum atomic E-state index is -0.561. The van der Waals surface area contributed by atoms with Gasteiger partial charge in [-0.15, -0.1) is 0 Å². The van der Waals surface area contributed by atoms with Gasteiger partial charge in [0.2, 0.25) is 0 Å². The third kappa shape index (κ3) is 2.81. The van der Waals surface area contributed by atoms with Crippen molar-refractivity contribution < 1.29 is 15.2 Å².